The minimum atomic E-state index is -0.867. The van der Waals surface area contributed by atoms with E-state index in [0.29, 0.717) is 5.57 Å². The van der Waals surface area contributed by atoms with E-state index in [9.17, 15) is 14.4 Å². The van der Waals surface area contributed by atoms with Gasteiger partial charge < -0.3 is 4.74 Å². The van der Waals surface area contributed by atoms with Crippen LogP contribution in [0.5, 0.6) is 0 Å². The van der Waals surface area contributed by atoms with E-state index in [-0.39, 0.29) is 11.7 Å². The Morgan fingerprint density at radius 3 is 2.10 bits per heavy atom. The molecule has 1 saturated heterocycles. The van der Waals surface area contributed by atoms with Gasteiger partial charge in [-0.1, -0.05) is 79.6 Å². The van der Waals surface area contributed by atoms with E-state index in [0.717, 1.165) is 29.5 Å². The minimum Gasteiger partial charge on any atom is -0.438 e. The molecule has 0 N–H and O–H groups in total. The number of ketones is 1. The normalized spacial score (nSPS) is 25.8. The summed E-state index contributed by atoms with van der Waals surface area (Å²) in [7, 11) is 0. The van der Waals surface area contributed by atoms with Crippen LogP contribution in [0.4, 0.5) is 4.79 Å². The highest BCUT2D eigenvalue weighted by atomic mass is 16.6. The SMILES string of the molecule is CCC[C@H]1C(C)=C(C)C(=O)[C@@H]1C(=O)N1C(=O)O[C@H](c2ccccc2)[C@@H]1c1ccccc1. The number of allylic oxidation sites excluding steroid dienone is 2. The summed E-state index contributed by atoms with van der Waals surface area (Å²) in [5.41, 5.74) is 3.21. The van der Waals surface area contributed by atoms with E-state index in [2.05, 4.69) is 0 Å². The zero-order valence-corrected chi connectivity index (χ0v) is 18.1. The first-order valence-electron chi connectivity index (χ1n) is 10.8. The van der Waals surface area contributed by atoms with Gasteiger partial charge in [0, 0.05) is 0 Å². The number of carbonyl (C=O) groups excluding carboxylic acids is 3. The van der Waals surface area contributed by atoms with Gasteiger partial charge in [-0.05, 0) is 42.9 Å². The molecule has 1 aliphatic carbocycles. The molecule has 2 aromatic carbocycles. The third-order valence-corrected chi connectivity index (χ3v) is 6.56. The first-order chi connectivity index (χ1) is 15.0. The summed E-state index contributed by atoms with van der Waals surface area (Å²) in [6.45, 7) is 5.73. The Kier molecular flexibility index (Phi) is 5.77. The Hall–Kier alpha value is -3.21. The van der Waals surface area contributed by atoms with Crippen molar-refractivity contribution in [2.75, 3.05) is 0 Å². The number of carbonyl (C=O) groups is 3. The molecule has 160 valence electrons. The number of amides is 2. The summed E-state index contributed by atoms with van der Waals surface area (Å²) in [6, 6.07) is 18.2. The van der Waals surface area contributed by atoms with E-state index in [1.165, 1.54) is 4.90 Å². The van der Waals surface area contributed by atoms with Crippen LogP contribution in [-0.4, -0.2) is 22.7 Å². The van der Waals surface area contributed by atoms with Gasteiger partial charge in [-0.25, -0.2) is 9.69 Å². The van der Waals surface area contributed by atoms with Crippen molar-refractivity contribution in [1.29, 1.82) is 0 Å². The van der Waals surface area contributed by atoms with E-state index >= 15 is 0 Å². The Bertz CT molecular complexity index is 1030. The van der Waals surface area contributed by atoms with Crippen LogP contribution in [0.2, 0.25) is 0 Å². The highest BCUT2D eigenvalue weighted by Gasteiger charge is 2.52. The number of hydrogen-bond donors (Lipinski definition) is 0. The molecule has 0 aromatic heterocycles. The Morgan fingerprint density at radius 2 is 1.52 bits per heavy atom. The first kappa shape index (κ1) is 21.0. The molecule has 0 saturated carbocycles. The first-order valence-corrected chi connectivity index (χ1v) is 10.8. The number of benzene rings is 2. The molecular formula is C26H27NO4. The van der Waals surface area contributed by atoms with Crippen LogP contribution < -0.4 is 0 Å². The van der Waals surface area contributed by atoms with Gasteiger partial charge in [0.2, 0.25) is 5.91 Å². The van der Waals surface area contributed by atoms with Gasteiger partial charge in [0.1, 0.15) is 12.0 Å². The van der Waals surface area contributed by atoms with E-state index < -0.39 is 30.1 Å². The lowest BCUT2D eigenvalue weighted by Crippen LogP contribution is -2.43. The van der Waals surface area contributed by atoms with Crippen molar-refractivity contribution in [3.8, 4) is 0 Å². The lowest BCUT2D eigenvalue weighted by molar-refractivity contribution is -0.139. The van der Waals surface area contributed by atoms with Crippen LogP contribution >= 0.6 is 0 Å². The Morgan fingerprint density at radius 1 is 0.935 bits per heavy atom. The van der Waals surface area contributed by atoms with Crippen LogP contribution in [-0.2, 0) is 14.3 Å². The molecule has 0 unspecified atom stereocenters. The van der Waals surface area contributed by atoms with Gasteiger partial charge in [-0.15, -0.1) is 0 Å². The molecule has 31 heavy (non-hydrogen) atoms. The molecule has 0 radical (unpaired) electrons. The summed E-state index contributed by atoms with van der Waals surface area (Å²) in [5.74, 6) is -1.68. The highest BCUT2D eigenvalue weighted by molar-refractivity contribution is 6.15. The van der Waals surface area contributed by atoms with Crippen LogP contribution in [0.1, 0.15) is 56.9 Å². The Balaban J connectivity index is 1.76. The smallest absolute Gasteiger partial charge is 0.417 e. The van der Waals surface area contributed by atoms with Crippen LogP contribution in [0.25, 0.3) is 0 Å². The van der Waals surface area contributed by atoms with Crippen LogP contribution in [0.15, 0.2) is 71.8 Å². The molecule has 0 bridgehead atoms. The highest BCUT2D eigenvalue weighted by Crippen LogP contribution is 2.46. The fourth-order valence-corrected chi connectivity index (χ4v) is 4.84. The fraction of sp³-hybridized carbons (Fsp3) is 0.346. The van der Waals surface area contributed by atoms with E-state index in [4.69, 9.17) is 4.74 Å². The van der Waals surface area contributed by atoms with Crippen molar-refractivity contribution in [2.45, 2.75) is 45.8 Å². The van der Waals surface area contributed by atoms with Gasteiger partial charge in [0.05, 0.1) is 0 Å². The van der Waals surface area contributed by atoms with Crippen LogP contribution in [0, 0.1) is 11.8 Å². The topological polar surface area (TPSA) is 63.7 Å². The summed E-state index contributed by atoms with van der Waals surface area (Å²) >= 11 is 0. The second kappa shape index (κ2) is 8.50. The van der Waals surface area contributed by atoms with Crippen molar-refractivity contribution in [3.05, 3.63) is 82.9 Å². The quantitative estimate of drug-likeness (QED) is 0.611. The van der Waals surface area contributed by atoms with E-state index in [1.54, 1.807) is 6.92 Å². The zero-order valence-electron chi connectivity index (χ0n) is 18.1. The summed E-state index contributed by atoms with van der Waals surface area (Å²) in [6.07, 6.45) is 0.256. The molecule has 1 aliphatic heterocycles. The number of Topliss-reactive ketones (excluding diaryl/α,β-unsaturated/α-hetero) is 1. The fourth-order valence-electron chi connectivity index (χ4n) is 4.84. The molecule has 5 heteroatoms. The summed E-state index contributed by atoms with van der Waals surface area (Å²) in [4.78, 5) is 41.0. The molecule has 1 heterocycles. The maximum absolute atomic E-state index is 13.8. The number of nitrogens with zero attached hydrogens (tertiary/aromatic N) is 1. The molecule has 1 fully saturated rings. The maximum Gasteiger partial charge on any atom is 0.417 e. The molecule has 2 amide bonds. The van der Waals surface area contributed by atoms with E-state index in [1.807, 2.05) is 74.5 Å². The van der Waals surface area contributed by atoms with Gasteiger partial charge in [0.15, 0.2) is 11.9 Å². The van der Waals surface area contributed by atoms with Crippen LogP contribution in [0.3, 0.4) is 0 Å². The minimum absolute atomic E-state index is 0.176. The molecule has 5 nitrogen and oxygen atoms in total. The summed E-state index contributed by atoms with van der Waals surface area (Å²) < 4.78 is 5.73. The van der Waals surface area contributed by atoms with Gasteiger partial charge in [-0.3, -0.25) is 9.59 Å². The number of imide groups is 1. The predicted molar refractivity (Wildman–Crippen MR) is 117 cm³/mol. The number of rotatable bonds is 5. The molecule has 4 atom stereocenters. The molecule has 2 aromatic rings. The molecule has 0 spiro atoms. The lowest BCUT2D eigenvalue weighted by Gasteiger charge is -2.28. The van der Waals surface area contributed by atoms with Crippen molar-refractivity contribution in [3.63, 3.8) is 0 Å². The third-order valence-electron chi connectivity index (χ3n) is 6.56. The zero-order chi connectivity index (χ0) is 22.1. The standard InChI is InChI=1S/C26H27NO4/c1-4-11-20-16(2)17(3)23(28)21(20)25(29)27-22(18-12-7-5-8-13-18)24(31-26(27)30)19-14-9-6-10-15-19/h5-10,12-15,20-22,24H,4,11H2,1-3H3/t20-,21+,22-,24+/m0/s1. The molecule has 2 aliphatic rings. The Labute approximate surface area is 182 Å². The number of cyclic esters (lactones) is 1. The monoisotopic (exact) mass is 417 g/mol. The number of hydrogen-bond acceptors (Lipinski definition) is 4. The van der Waals surface area contributed by atoms with Gasteiger partial charge >= 0.3 is 6.09 Å². The largest absolute Gasteiger partial charge is 0.438 e. The lowest BCUT2D eigenvalue weighted by atomic mass is 9.85. The molecular weight excluding hydrogens is 390 g/mol. The maximum atomic E-state index is 13.8. The molecule has 4 rings (SSSR count). The van der Waals surface area contributed by atoms with Crippen molar-refractivity contribution in [1.82, 2.24) is 4.90 Å². The van der Waals surface area contributed by atoms with Gasteiger partial charge in [-0.2, -0.15) is 0 Å². The average Bonchev–Trinajstić information content (AvgIpc) is 3.25. The van der Waals surface area contributed by atoms with Gasteiger partial charge in [0.25, 0.3) is 0 Å². The second-order valence-electron chi connectivity index (χ2n) is 8.32. The van der Waals surface area contributed by atoms with Crippen molar-refractivity contribution < 1.29 is 19.1 Å². The predicted octanol–water partition coefficient (Wildman–Crippen LogP) is 5.40. The van der Waals surface area contributed by atoms with Crippen molar-refractivity contribution >= 4 is 17.8 Å². The summed E-state index contributed by atoms with van der Waals surface area (Å²) in [5, 5.41) is 0. The number of ether oxygens (including phenoxy) is 1. The third kappa shape index (κ3) is 3.58. The second-order valence-corrected chi connectivity index (χ2v) is 8.32. The average molecular weight is 418 g/mol. The van der Waals surface area contributed by atoms with Crippen molar-refractivity contribution in [2.24, 2.45) is 11.8 Å².